The minimum absolute atomic E-state index is 0.00994. The zero-order valence-corrected chi connectivity index (χ0v) is 18.5. The predicted molar refractivity (Wildman–Crippen MR) is 122 cm³/mol. The van der Waals surface area contributed by atoms with Gasteiger partial charge in [-0.3, -0.25) is 4.72 Å². The summed E-state index contributed by atoms with van der Waals surface area (Å²) < 4.78 is 44.4. The lowest BCUT2D eigenvalue weighted by Gasteiger charge is -2.12. The number of halogens is 2. The Bertz CT molecular complexity index is 1430. The molecule has 4 rings (SSSR count). The van der Waals surface area contributed by atoms with Crippen LogP contribution in [0.4, 0.5) is 21.6 Å². The van der Waals surface area contributed by atoms with Gasteiger partial charge in [-0.25, -0.2) is 27.8 Å². The summed E-state index contributed by atoms with van der Waals surface area (Å²) in [6.07, 6.45) is 4.04. The van der Waals surface area contributed by atoms with Crippen LogP contribution in [0.25, 0.3) is 22.0 Å². The van der Waals surface area contributed by atoms with Gasteiger partial charge in [0.15, 0.2) is 0 Å². The minimum Gasteiger partial charge on any atom is -0.480 e. The van der Waals surface area contributed by atoms with Gasteiger partial charge in [0.25, 0.3) is 0 Å². The van der Waals surface area contributed by atoms with Crippen molar-refractivity contribution in [1.82, 2.24) is 15.0 Å². The van der Waals surface area contributed by atoms with Crippen molar-refractivity contribution >= 4 is 49.7 Å². The summed E-state index contributed by atoms with van der Waals surface area (Å²) in [5, 5.41) is 3.81. The monoisotopic (exact) mass is 473 g/mol. The zero-order chi connectivity index (χ0) is 22.9. The Morgan fingerprint density at radius 1 is 1.03 bits per heavy atom. The molecule has 2 N–H and O–H groups in total. The van der Waals surface area contributed by atoms with Crippen molar-refractivity contribution in [2.75, 3.05) is 23.4 Å². The quantitative estimate of drug-likeness (QED) is 0.421. The fourth-order valence-electron chi connectivity index (χ4n) is 3.09. The molecule has 164 valence electrons. The highest BCUT2D eigenvalue weighted by Gasteiger charge is 2.13. The van der Waals surface area contributed by atoms with E-state index in [0.717, 1.165) is 11.8 Å². The van der Waals surface area contributed by atoms with Crippen molar-refractivity contribution in [3.8, 4) is 17.0 Å². The average Bonchev–Trinajstić information content (AvgIpc) is 2.75. The molecule has 4 aromatic rings. The van der Waals surface area contributed by atoms with Crippen molar-refractivity contribution in [3.05, 3.63) is 65.8 Å². The van der Waals surface area contributed by atoms with Gasteiger partial charge in [0.2, 0.25) is 15.9 Å². The Labute approximate surface area is 188 Å². The van der Waals surface area contributed by atoms with Gasteiger partial charge in [-0.1, -0.05) is 17.7 Å². The molecule has 32 heavy (non-hydrogen) atoms. The maximum atomic E-state index is 13.5. The second-order valence-electron chi connectivity index (χ2n) is 6.86. The van der Waals surface area contributed by atoms with Crippen LogP contribution in [0.3, 0.4) is 0 Å². The summed E-state index contributed by atoms with van der Waals surface area (Å²) >= 11 is 5.88. The Balaban J connectivity index is 1.77. The number of hydrogen-bond acceptors (Lipinski definition) is 7. The molecule has 0 unspecified atom stereocenters. The number of hydrogen-bond donors (Lipinski definition) is 2. The average molecular weight is 474 g/mol. The first-order chi connectivity index (χ1) is 15.2. The highest BCUT2D eigenvalue weighted by atomic mass is 35.5. The molecule has 0 aliphatic rings. The molecule has 0 radical (unpaired) electrons. The number of rotatable bonds is 6. The van der Waals surface area contributed by atoms with Gasteiger partial charge in [0, 0.05) is 22.8 Å². The molecule has 11 heteroatoms. The van der Waals surface area contributed by atoms with Crippen molar-refractivity contribution in [2.24, 2.45) is 0 Å². The van der Waals surface area contributed by atoms with Gasteiger partial charge >= 0.3 is 0 Å². The third kappa shape index (κ3) is 4.71. The zero-order valence-electron chi connectivity index (χ0n) is 16.9. The number of sulfonamides is 1. The maximum Gasteiger partial charge on any atom is 0.238 e. The van der Waals surface area contributed by atoms with Crippen LogP contribution in [0.5, 0.6) is 5.88 Å². The van der Waals surface area contributed by atoms with Gasteiger partial charge in [-0.15, -0.1) is 0 Å². The van der Waals surface area contributed by atoms with Crippen LogP contribution in [-0.4, -0.2) is 36.7 Å². The molecule has 0 atom stereocenters. The highest BCUT2D eigenvalue weighted by molar-refractivity contribution is 7.92. The third-order valence-corrected chi connectivity index (χ3v) is 5.37. The summed E-state index contributed by atoms with van der Waals surface area (Å²) in [6.45, 7) is 0. The number of ether oxygens (including phenoxy) is 1. The molecule has 0 fully saturated rings. The number of nitrogens with zero attached hydrogens (tertiary/aromatic N) is 3. The number of aromatic nitrogens is 3. The molecule has 2 aromatic carbocycles. The van der Waals surface area contributed by atoms with Crippen molar-refractivity contribution in [2.45, 2.75) is 0 Å². The van der Waals surface area contributed by atoms with E-state index in [1.165, 1.54) is 25.6 Å². The smallest absolute Gasteiger partial charge is 0.238 e. The lowest BCUT2D eigenvalue weighted by molar-refractivity contribution is 0.400. The molecule has 0 saturated heterocycles. The first kappa shape index (κ1) is 21.7. The third-order valence-electron chi connectivity index (χ3n) is 4.49. The molecule has 2 heterocycles. The molecule has 0 spiro atoms. The first-order valence-electron chi connectivity index (χ1n) is 9.22. The van der Waals surface area contributed by atoms with E-state index in [0.29, 0.717) is 28.0 Å². The minimum atomic E-state index is -3.53. The summed E-state index contributed by atoms with van der Waals surface area (Å²) in [6, 6.07) is 11.4. The largest absolute Gasteiger partial charge is 0.480 e. The Morgan fingerprint density at radius 2 is 1.84 bits per heavy atom. The van der Waals surface area contributed by atoms with Gasteiger partial charge in [0.05, 0.1) is 23.9 Å². The van der Waals surface area contributed by atoms with Crippen LogP contribution in [0.2, 0.25) is 5.02 Å². The van der Waals surface area contributed by atoms with Gasteiger partial charge in [0.1, 0.15) is 23.6 Å². The number of pyridine rings is 1. The molecule has 0 bridgehead atoms. The lowest BCUT2D eigenvalue weighted by Crippen LogP contribution is -2.11. The second kappa shape index (κ2) is 8.56. The topological polar surface area (TPSA) is 106 Å². The van der Waals surface area contributed by atoms with Crippen LogP contribution in [0.1, 0.15) is 0 Å². The Kier molecular flexibility index (Phi) is 5.81. The van der Waals surface area contributed by atoms with Crippen LogP contribution in [-0.2, 0) is 10.0 Å². The molecule has 0 saturated carbocycles. The Hall–Kier alpha value is -3.50. The van der Waals surface area contributed by atoms with Crippen molar-refractivity contribution in [3.63, 3.8) is 0 Å². The number of methoxy groups -OCH3 is 1. The fraction of sp³-hybridized carbons (Fsp3) is 0.0952. The SMILES string of the molecule is COc1ncc(-c2ccc3ncnc(Nc4ccc(F)c(Cl)c4)c3c2)cc1NS(C)(=O)=O. The van der Waals surface area contributed by atoms with Gasteiger partial charge in [-0.2, -0.15) is 0 Å². The number of nitrogens with one attached hydrogen (secondary N) is 2. The highest BCUT2D eigenvalue weighted by Crippen LogP contribution is 2.32. The van der Waals surface area contributed by atoms with E-state index in [-0.39, 0.29) is 16.6 Å². The van der Waals surface area contributed by atoms with E-state index in [9.17, 15) is 12.8 Å². The molecular formula is C21H17ClFN5O3S. The van der Waals surface area contributed by atoms with E-state index in [4.69, 9.17) is 16.3 Å². The molecule has 0 aliphatic carbocycles. The summed E-state index contributed by atoms with van der Waals surface area (Å²) in [5.41, 5.74) is 2.86. The summed E-state index contributed by atoms with van der Waals surface area (Å²) in [4.78, 5) is 12.8. The van der Waals surface area contributed by atoms with E-state index in [1.807, 2.05) is 18.2 Å². The molecule has 2 aromatic heterocycles. The summed E-state index contributed by atoms with van der Waals surface area (Å²) in [7, 11) is -2.12. The molecular weight excluding hydrogens is 457 g/mol. The summed E-state index contributed by atoms with van der Waals surface area (Å²) in [5.74, 6) is 0.131. The normalized spacial score (nSPS) is 11.4. The Morgan fingerprint density at radius 3 is 2.56 bits per heavy atom. The molecule has 0 aliphatic heterocycles. The molecule has 0 amide bonds. The van der Waals surface area contributed by atoms with E-state index in [1.54, 1.807) is 18.3 Å². The van der Waals surface area contributed by atoms with E-state index >= 15 is 0 Å². The van der Waals surface area contributed by atoms with Crippen LogP contribution in [0, 0.1) is 5.82 Å². The second-order valence-corrected chi connectivity index (χ2v) is 9.02. The fourth-order valence-corrected chi connectivity index (χ4v) is 3.82. The van der Waals surface area contributed by atoms with Gasteiger partial charge in [-0.05, 0) is 42.0 Å². The number of anilines is 3. The lowest BCUT2D eigenvalue weighted by atomic mass is 10.0. The molecule has 8 nitrogen and oxygen atoms in total. The number of fused-ring (bicyclic) bond motifs is 1. The van der Waals surface area contributed by atoms with Crippen molar-refractivity contribution < 1.29 is 17.5 Å². The number of benzene rings is 2. The predicted octanol–water partition coefficient (Wildman–Crippen LogP) is 4.61. The van der Waals surface area contributed by atoms with Crippen LogP contribution in [0.15, 0.2) is 55.0 Å². The van der Waals surface area contributed by atoms with E-state index in [2.05, 4.69) is 25.0 Å². The van der Waals surface area contributed by atoms with Gasteiger partial charge < -0.3 is 10.1 Å². The van der Waals surface area contributed by atoms with E-state index < -0.39 is 15.8 Å². The van der Waals surface area contributed by atoms with Crippen molar-refractivity contribution in [1.29, 1.82) is 0 Å². The maximum absolute atomic E-state index is 13.5. The van der Waals surface area contributed by atoms with Crippen LogP contribution >= 0.6 is 11.6 Å². The van der Waals surface area contributed by atoms with Crippen LogP contribution < -0.4 is 14.8 Å². The standard InChI is InChI=1S/C21H17ClFN5O3S/c1-31-21-19(28-32(2,29)30)8-13(10-24-21)12-3-6-18-15(7-12)20(26-11-25-18)27-14-4-5-17(23)16(22)9-14/h3-11,28H,1-2H3,(H,25,26,27). The first-order valence-corrected chi connectivity index (χ1v) is 11.5.